The number of nitrogens with zero attached hydrogens (tertiary/aromatic N) is 4. The quantitative estimate of drug-likeness (QED) is 0.219. The Hall–Kier alpha value is -3.60. The molecule has 0 spiro atoms. The van der Waals surface area contributed by atoms with Crippen LogP contribution in [0.15, 0.2) is 36.4 Å². The van der Waals surface area contributed by atoms with Gasteiger partial charge >= 0.3 is 0 Å². The first-order valence-electron chi connectivity index (χ1n) is 13.6. The van der Waals surface area contributed by atoms with Gasteiger partial charge in [-0.05, 0) is 88.4 Å². The van der Waals surface area contributed by atoms with Gasteiger partial charge in [-0.2, -0.15) is 0 Å². The predicted octanol–water partition coefficient (Wildman–Crippen LogP) is 6.45. The lowest BCUT2D eigenvalue weighted by atomic mass is 10.1. The van der Waals surface area contributed by atoms with Crippen molar-refractivity contribution < 1.29 is 24.1 Å². The number of rotatable bonds is 8. The van der Waals surface area contributed by atoms with Crippen LogP contribution in [0.3, 0.4) is 0 Å². The zero-order valence-corrected chi connectivity index (χ0v) is 24.9. The number of ether oxygens (including phenoxy) is 4. The van der Waals surface area contributed by atoms with Gasteiger partial charge in [0, 0.05) is 50.6 Å². The average Bonchev–Trinajstić information content (AvgIpc) is 3.77. The van der Waals surface area contributed by atoms with Crippen LogP contribution < -0.4 is 0 Å². The molecule has 3 aromatic rings. The van der Waals surface area contributed by atoms with Crippen LogP contribution >= 0.6 is 0 Å². The van der Waals surface area contributed by atoms with Gasteiger partial charge in [-0.25, -0.2) is 9.97 Å². The van der Waals surface area contributed by atoms with Gasteiger partial charge < -0.3 is 33.2 Å². The van der Waals surface area contributed by atoms with E-state index in [2.05, 4.69) is 15.2 Å². The van der Waals surface area contributed by atoms with E-state index in [0.717, 1.165) is 50.4 Å². The van der Waals surface area contributed by atoms with Crippen molar-refractivity contribution in [3.05, 3.63) is 70.3 Å². The first-order chi connectivity index (χ1) is 19.6. The predicted molar refractivity (Wildman–Crippen MR) is 162 cm³/mol. The van der Waals surface area contributed by atoms with Crippen LogP contribution in [0, 0.1) is 0 Å². The summed E-state index contributed by atoms with van der Waals surface area (Å²) in [4.78, 5) is 9.57. The summed E-state index contributed by atoms with van der Waals surface area (Å²) in [5, 5.41) is 11.6. The molecule has 9 heteroatoms. The third-order valence-corrected chi connectivity index (χ3v) is 7.92. The smallest absolute Gasteiger partial charge is 0.191 e. The van der Waals surface area contributed by atoms with Gasteiger partial charge in [-0.1, -0.05) is 0 Å². The normalized spacial score (nSPS) is 16.5. The minimum absolute atomic E-state index is 0.277. The van der Waals surface area contributed by atoms with E-state index in [1.54, 1.807) is 28.3 Å². The molecule has 41 heavy (non-hydrogen) atoms. The van der Waals surface area contributed by atoms with E-state index in [-0.39, 0.29) is 12.3 Å². The van der Waals surface area contributed by atoms with Gasteiger partial charge in [0.15, 0.2) is 5.79 Å². The Bertz CT molecular complexity index is 1680. The second-order valence-electron chi connectivity index (χ2n) is 10.4. The topological polar surface area (TPSA) is 92.8 Å². The van der Waals surface area contributed by atoms with Crippen LogP contribution in [-0.2, 0) is 24.7 Å². The highest BCUT2D eigenvalue weighted by atomic mass is 16.6. The van der Waals surface area contributed by atoms with Gasteiger partial charge in [0.2, 0.25) is 0 Å². The van der Waals surface area contributed by atoms with Gasteiger partial charge in [0.1, 0.15) is 12.5 Å². The minimum Gasteiger partial charge on any atom is -0.377 e. The molecule has 216 valence electrons. The molecular formula is C32H38N4O5. The number of hydrogen-bond acceptors (Lipinski definition) is 7. The van der Waals surface area contributed by atoms with Gasteiger partial charge in [0.05, 0.1) is 39.9 Å². The molecule has 0 radical (unpaired) electrons. The lowest BCUT2D eigenvalue weighted by molar-refractivity contribution is -0.177. The molecule has 5 rings (SSSR count). The summed E-state index contributed by atoms with van der Waals surface area (Å²) in [5.74, 6) is -1.62. The Kier molecular flexibility index (Phi) is 8.00. The SMILES string of the molecule is COC(C)c1cc2ccc3nc(c4nc(ccc5cc(C(C)(O)OC)c(c1n2C(C)OC)n5C(C)OC)C=C4)C=C3. The molecule has 0 amide bonds. The molecule has 0 saturated heterocycles. The molecule has 4 unspecified atom stereocenters. The van der Waals surface area contributed by atoms with Crippen molar-refractivity contribution in [2.75, 3.05) is 28.4 Å². The standard InChI is InChI=1S/C32H38N4O5/c1-19(38-5)26-17-24-13-9-22-11-15-28(33-22)29-16-12-23(34-29)10-14-25-18-27(32(4,37)41-8)31(36(25)21(3)40-7)30(26)35(24)20(2)39-6/h9-21,37H,1-8H3. The largest absolute Gasteiger partial charge is 0.377 e. The molecule has 5 heterocycles. The van der Waals surface area contributed by atoms with Crippen molar-refractivity contribution in [1.29, 1.82) is 0 Å². The molecule has 0 fully saturated rings. The van der Waals surface area contributed by atoms with Crippen LogP contribution in [-0.4, -0.2) is 52.6 Å². The summed E-state index contributed by atoms with van der Waals surface area (Å²) < 4.78 is 27.5. The van der Waals surface area contributed by atoms with Gasteiger partial charge in [-0.15, -0.1) is 0 Å². The maximum atomic E-state index is 11.6. The second-order valence-corrected chi connectivity index (χ2v) is 10.4. The van der Waals surface area contributed by atoms with E-state index in [9.17, 15) is 5.11 Å². The van der Waals surface area contributed by atoms with E-state index in [0.29, 0.717) is 5.56 Å². The Morgan fingerprint density at radius 1 is 0.707 bits per heavy atom. The first kappa shape index (κ1) is 28.9. The summed E-state index contributed by atoms with van der Waals surface area (Å²) in [6.07, 6.45) is 6.84. The summed E-state index contributed by atoms with van der Waals surface area (Å²) in [6.45, 7) is 7.59. The Labute approximate surface area is 240 Å². The van der Waals surface area contributed by atoms with Crippen molar-refractivity contribution in [2.24, 2.45) is 0 Å². The third kappa shape index (κ3) is 5.16. The van der Waals surface area contributed by atoms with Crippen molar-refractivity contribution in [2.45, 2.75) is 52.0 Å². The fourth-order valence-corrected chi connectivity index (χ4v) is 5.32. The van der Waals surface area contributed by atoms with Crippen LogP contribution in [0.4, 0.5) is 0 Å². The number of fused-ring (bicyclic) bond motifs is 10. The summed E-state index contributed by atoms with van der Waals surface area (Å²) in [7, 11) is 6.52. The van der Waals surface area contributed by atoms with E-state index in [4.69, 9.17) is 28.9 Å². The molecule has 0 aliphatic carbocycles. The van der Waals surface area contributed by atoms with Crippen molar-refractivity contribution in [1.82, 2.24) is 19.1 Å². The number of hydrogen-bond donors (Lipinski definition) is 1. The maximum absolute atomic E-state index is 11.6. The highest BCUT2D eigenvalue weighted by Crippen LogP contribution is 2.39. The van der Waals surface area contributed by atoms with Crippen molar-refractivity contribution in [3.8, 4) is 0 Å². The zero-order chi connectivity index (χ0) is 29.5. The monoisotopic (exact) mass is 558 g/mol. The Balaban J connectivity index is 2.11. The van der Waals surface area contributed by atoms with Crippen LogP contribution in [0.1, 0.15) is 80.2 Å². The summed E-state index contributed by atoms with van der Waals surface area (Å²) >= 11 is 0. The molecule has 2 aliphatic heterocycles. The maximum Gasteiger partial charge on any atom is 0.191 e. The third-order valence-electron chi connectivity index (χ3n) is 7.92. The van der Waals surface area contributed by atoms with Crippen LogP contribution in [0.5, 0.6) is 0 Å². The molecule has 8 bridgehead atoms. The highest BCUT2D eigenvalue weighted by Gasteiger charge is 2.31. The number of aliphatic hydroxyl groups is 1. The van der Waals surface area contributed by atoms with Gasteiger partial charge in [0.25, 0.3) is 0 Å². The van der Waals surface area contributed by atoms with Crippen molar-refractivity contribution in [3.63, 3.8) is 0 Å². The lowest BCUT2D eigenvalue weighted by Gasteiger charge is -2.24. The first-order valence-corrected chi connectivity index (χ1v) is 13.6. The fourth-order valence-electron chi connectivity index (χ4n) is 5.32. The molecule has 1 N–H and O–H groups in total. The molecular weight excluding hydrogens is 520 g/mol. The lowest BCUT2D eigenvalue weighted by Crippen LogP contribution is -2.24. The van der Waals surface area contributed by atoms with E-state index >= 15 is 0 Å². The average molecular weight is 559 g/mol. The van der Waals surface area contributed by atoms with Crippen LogP contribution in [0.2, 0.25) is 0 Å². The van der Waals surface area contributed by atoms with E-state index in [1.807, 2.05) is 75.4 Å². The number of aromatic nitrogens is 4. The van der Waals surface area contributed by atoms with Crippen LogP contribution in [0.25, 0.3) is 46.4 Å². The molecule has 2 aliphatic rings. The Morgan fingerprint density at radius 2 is 1.22 bits per heavy atom. The molecule has 0 saturated carbocycles. The van der Waals surface area contributed by atoms with Gasteiger partial charge in [-0.3, -0.25) is 0 Å². The zero-order valence-electron chi connectivity index (χ0n) is 24.9. The molecule has 4 atom stereocenters. The molecule has 9 nitrogen and oxygen atoms in total. The van der Waals surface area contributed by atoms with Crippen molar-refractivity contribution >= 4 is 46.4 Å². The van der Waals surface area contributed by atoms with E-state index in [1.165, 1.54) is 7.11 Å². The summed E-state index contributed by atoms with van der Waals surface area (Å²) in [5.41, 5.74) is 7.95. The highest BCUT2D eigenvalue weighted by molar-refractivity contribution is 5.90. The Morgan fingerprint density at radius 3 is 1.71 bits per heavy atom. The number of methoxy groups -OCH3 is 4. The summed E-state index contributed by atoms with van der Waals surface area (Å²) in [6, 6.07) is 12.0. The fraction of sp³-hybridized carbons (Fsp3) is 0.375. The molecule has 0 aromatic carbocycles. The minimum atomic E-state index is -1.62. The van der Waals surface area contributed by atoms with E-state index < -0.39 is 12.0 Å². The molecule has 3 aromatic heterocycles. The second kappa shape index (κ2) is 11.3.